The molecule has 7 nitrogen and oxygen atoms in total. The first kappa shape index (κ1) is 23.0. The van der Waals surface area contributed by atoms with Gasteiger partial charge in [-0.05, 0) is 74.6 Å². The van der Waals surface area contributed by atoms with Gasteiger partial charge in [-0.15, -0.1) is 0 Å². The van der Waals surface area contributed by atoms with Gasteiger partial charge in [-0.2, -0.15) is 4.72 Å². The van der Waals surface area contributed by atoms with Crippen LogP contribution >= 0.6 is 11.6 Å². The van der Waals surface area contributed by atoms with Crippen molar-refractivity contribution in [1.82, 2.24) is 14.5 Å². The molecule has 2 saturated heterocycles. The first-order chi connectivity index (χ1) is 15.2. The zero-order valence-electron chi connectivity index (χ0n) is 18.3. The smallest absolute Gasteiger partial charge is 0.242 e. The molecule has 0 spiro atoms. The van der Waals surface area contributed by atoms with Crippen LogP contribution in [0.4, 0.5) is 0 Å². The van der Waals surface area contributed by atoms with Crippen LogP contribution in [0.5, 0.6) is 0 Å². The highest BCUT2D eigenvalue weighted by Crippen LogP contribution is 2.25. The van der Waals surface area contributed by atoms with Crippen LogP contribution in [0, 0.1) is 0 Å². The molecule has 4 rings (SSSR count). The van der Waals surface area contributed by atoms with Crippen LogP contribution in [0.3, 0.4) is 0 Å². The van der Waals surface area contributed by atoms with Gasteiger partial charge in [0.2, 0.25) is 21.8 Å². The first-order valence-corrected chi connectivity index (χ1v) is 12.8. The fourth-order valence-corrected chi connectivity index (χ4v) is 6.19. The van der Waals surface area contributed by atoms with Crippen molar-refractivity contribution in [3.8, 4) is 0 Å². The quantitative estimate of drug-likeness (QED) is 0.716. The van der Waals surface area contributed by atoms with Crippen LogP contribution in [0.15, 0.2) is 41.3 Å². The summed E-state index contributed by atoms with van der Waals surface area (Å²) in [6.07, 6.45) is 2.96. The standard InChI is InChI=1S/C23H28ClN3O4S/c1-15-5-6-16(2)27(15)22(28)14-26-11-3-4-21(23(26)29)25-32(30,31)20-10-8-17-12-19(24)9-7-18(17)13-20/h7-10,12-13,15-16,21,25H,3-6,11,14H2,1-2H3/t15?,16?,21-/m0/s1. The molecule has 0 radical (unpaired) electrons. The molecule has 172 valence electrons. The van der Waals surface area contributed by atoms with Crippen molar-refractivity contribution in [3.63, 3.8) is 0 Å². The van der Waals surface area contributed by atoms with Crippen molar-refractivity contribution in [2.24, 2.45) is 0 Å². The first-order valence-electron chi connectivity index (χ1n) is 11.0. The molecular formula is C23H28ClN3O4S. The second-order valence-electron chi connectivity index (χ2n) is 8.81. The van der Waals surface area contributed by atoms with E-state index < -0.39 is 16.1 Å². The number of hydrogen-bond acceptors (Lipinski definition) is 4. The second-order valence-corrected chi connectivity index (χ2v) is 11.0. The Morgan fingerprint density at radius 3 is 2.44 bits per heavy atom. The molecule has 0 saturated carbocycles. The molecule has 2 aromatic carbocycles. The SMILES string of the molecule is CC1CCC(C)N1C(=O)CN1CCC[C@H](NS(=O)(=O)c2ccc3cc(Cl)ccc3c2)C1=O. The van der Waals surface area contributed by atoms with Gasteiger partial charge in [-0.25, -0.2) is 8.42 Å². The van der Waals surface area contributed by atoms with Gasteiger partial charge >= 0.3 is 0 Å². The Balaban J connectivity index is 1.47. The maximum atomic E-state index is 13.0. The summed E-state index contributed by atoms with van der Waals surface area (Å²) in [5, 5.41) is 2.15. The summed E-state index contributed by atoms with van der Waals surface area (Å²) < 4.78 is 28.6. The molecular weight excluding hydrogens is 450 g/mol. The summed E-state index contributed by atoms with van der Waals surface area (Å²) in [5.74, 6) is -0.423. The monoisotopic (exact) mass is 477 g/mol. The maximum Gasteiger partial charge on any atom is 0.242 e. The zero-order chi connectivity index (χ0) is 23.0. The van der Waals surface area contributed by atoms with Gasteiger partial charge in [0, 0.05) is 23.7 Å². The molecule has 2 aromatic rings. The number of carbonyl (C=O) groups excluding carboxylic acids is 2. The van der Waals surface area contributed by atoms with Crippen LogP contribution in [-0.4, -0.2) is 61.2 Å². The number of nitrogens with zero attached hydrogens (tertiary/aromatic N) is 2. The predicted molar refractivity (Wildman–Crippen MR) is 124 cm³/mol. The van der Waals surface area contributed by atoms with Crippen LogP contribution < -0.4 is 4.72 Å². The molecule has 2 heterocycles. The molecule has 2 aliphatic heterocycles. The Kier molecular flexibility index (Phi) is 6.47. The van der Waals surface area contributed by atoms with Gasteiger partial charge in [0.05, 0.1) is 11.4 Å². The minimum Gasteiger partial charge on any atom is -0.336 e. The van der Waals surface area contributed by atoms with E-state index in [1.807, 2.05) is 18.7 Å². The summed E-state index contributed by atoms with van der Waals surface area (Å²) in [5.41, 5.74) is 0. The van der Waals surface area contributed by atoms with Gasteiger partial charge in [-0.1, -0.05) is 23.7 Å². The molecule has 0 aliphatic carbocycles. The van der Waals surface area contributed by atoms with E-state index in [4.69, 9.17) is 11.6 Å². The number of benzene rings is 2. The zero-order valence-corrected chi connectivity index (χ0v) is 19.8. The number of halogens is 1. The number of piperidine rings is 1. The number of amides is 2. The average Bonchev–Trinajstić information content (AvgIpc) is 3.08. The Morgan fingerprint density at radius 2 is 1.72 bits per heavy atom. The molecule has 9 heteroatoms. The molecule has 2 amide bonds. The predicted octanol–water partition coefficient (Wildman–Crippen LogP) is 3.16. The van der Waals surface area contributed by atoms with Gasteiger partial charge in [0.1, 0.15) is 6.04 Å². The number of carbonyl (C=O) groups is 2. The number of fused-ring (bicyclic) bond motifs is 1. The van der Waals surface area contributed by atoms with Crippen molar-refractivity contribution in [2.75, 3.05) is 13.1 Å². The summed E-state index contributed by atoms with van der Waals surface area (Å²) in [6, 6.07) is 9.44. The topological polar surface area (TPSA) is 86.8 Å². The molecule has 2 aliphatic rings. The van der Waals surface area contributed by atoms with E-state index in [0.717, 1.165) is 23.6 Å². The largest absolute Gasteiger partial charge is 0.336 e. The number of sulfonamides is 1. The van der Waals surface area contributed by atoms with Crippen LogP contribution in [0.1, 0.15) is 39.5 Å². The minimum atomic E-state index is -3.91. The van der Waals surface area contributed by atoms with E-state index in [0.29, 0.717) is 24.4 Å². The highest BCUT2D eigenvalue weighted by Gasteiger charge is 2.36. The summed E-state index contributed by atoms with van der Waals surface area (Å²) in [4.78, 5) is 29.3. The Hall–Kier alpha value is -2.16. The molecule has 1 N–H and O–H groups in total. The lowest BCUT2D eigenvalue weighted by atomic mass is 10.1. The minimum absolute atomic E-state index is 0.0114. The van der Waals surface area contributed by atoms with E-state index in [2.05, 4.69) is 4.72 Å². The molecule has 2 fully saturated rings. The molecule has 32 heavy (non-hydrogen) atoms. The van der Waals surface area contributed by atoms with Crippen LogP contribution in [0.25, 0.3) is 10.8 Å². The molecule has 0 bridgehead atoms. The van der Waals surface area contributed by atoms with Gasteiger partial charge in [0.15, 0.2) is 0 Å². The van der Waals surface area contributed by atoms with E-state index in [9.17, 15) is 18.0 Å². The van der Waals surface area contributed by atoms with Crippen molar-refractivity contribution in [3.05, 3.63) is 41.4 Å². The third-order valence-electron chi connectivity index (χ3n) is 6.48. The lowest BCUT2D eigenvalue weighted by molar-refractivity contribution is -0.144. The normalized spacial score (nSPS) is 24.3. The fraction of sp³-hybridized carbons (Fsp3) is 0.478. The second kappa shape index (κ2) is 9.00. The molecule has 2 unspecified atom stereocenters. The third kappa shape index (κ3) is 4.63. The Morgan fingerprint density at radius 1 is 1.06 bits per heavy atom. The number of likely N-dealkylation sites (tertiary alicyclic amines) is 2. The van der Waals surface area contributed by atoms with Gasteiger partial charge in [0.25, 0.3) is 0 Å². The van der Waals surface area contributed by atoms with Crippen molar-refractivity contribution < 1.29 is 18.0 Å². The fourth-order valence-electron chi connectivity index (χ4n) is 4.76. The highest BCUT2D eigenvalue weighted by atomic mass is 35.5. The lowest BCUT2D eigenvalue weighted by Gasteiger charge is -2.34. The van der Waals surface area contributed by atoms with E-state index in [1.165, 1.54) is 11.0 Å². The highest BCUT2D eigenvalue weighted by molar-refractivity contribution is 7.89. The van der Waals surface area contributed by atoms with Crippen LogP contribution in [-0.2, 0) is 19.6 Å². The Labute approximate surface area is 193 Å². The van der Waals surface area contributed by atoms with Gasteiger partial charge < -0.3 is 9.80 Å². The van der Waals surface area contributed by atoms with Crippen molar-refractivity contribution >= 4 is 44.2 Å². The molecule has 3 atom stereocenters. The summed E-state index contributed by atoms with van der Waals surface area (Å²) in [7, 11) is -3.91. The average molecular weight is 478 g/mol. The number of nitrogens with one attached hydrogen (secondary N) is 1. The summed E-state index contributed by atoms with van der Waals surface area (Å²) >= 11 is 6.00. The molecule has 0 aromatic heterocycles. The van der Waals surface area contributed by atoms with E-state index >= 15 is 0 Å². The van der Waals surface area contributed by atoms with Crippen molar-refractivity contribution in [2.45, 2.75) is 62.6 Å². The summed E-state index contributed by atoms with van der Waals surface area (Å²) in [6.45, 7) is 4.49. The van der Waals surface area contributed by atoms with Gasteiger partial charge in [-0.3, -0.25) is 9.59 Å². The van der Waals surface area contributed by atoms with Crippen molar-refractivity contribution in [1.29, 1.82) is 0 Å². The third-order valence-corrected chi connectivity index (χ3v) is 8.18. The maximum absolute atomic E-state index is 13.0. The number of rotatable bonds is 5. The van der Waals surface area contributed by atoms with Crippen LogP contribution in [0.2, 0.25) is 5.02 Å². The van der Waals surface area contributed by atoms with E-state index in [-0.39, 0.29) is 35.3 Å². The Bertz CT molecular complexity index is 1140. The number of hydrogen-bond donors (Lipinski definition) is 1. The van der Waals surface area contributed by atoms with E-state index in [1.54, 1.807) is 30.3 Å². The lowest BCUT2D eigenvalue weighted by Crippen LogP contribution is -2.55.